The Morgan fingerprint density at radius 2 is 1.95 bits per heavy atom. The molecule has 1 aromatic heterocycles. The maximum Gasteiger partial charge on any atom is 0.266 e. The zero-order chi connectivity index (χ0) is 15.1. The van der Waals surface area contributed by atoms with E-state index in [1.165, 1.54) is 6.42 Å². The molecule has 1 N–H and O–H groups in total. The van der Waals surface area contributed by atoms with Crippen molar-refractivity contribution in [3.05, 3.63) is 5.89 Å². The zero-order valence-corrected chi connectivity index (χ0v) is 13.6. The highest BCUT2D eigenvalue weighted by Crippen LogP contribution is 2.14. The molecular weight excluding hydrogens is 266 g/mol. The average molecular weight is 295 g/mol. The molecule has 120 valence electrons. The number of anilines is 1. The molecule has 1 atom stereocenters. The molecule has 1 aromatic rings. The van der Waals surface area contributed by atoms with Crippen molar-refractivity contribution in [3.63, 3.8) is 0 Å². The average Bonchev–Trinajstić information content (AvgIpc) is 2.94. The topological polar surface area (TPSA) is 57.4 Å². The van der Waals surface area contributed by atoms with Crippen LogP contribution in [-0.2, 0) is 6.42 Å². The van der Waals surface area contributed by atoms with Gasteiger partial charge < -0.3 is 19.6 Å². The molecular formula is C15H29N5O. The first-order valence-electron chi connectivity index (χ1n) is 8.22. The summed E-state index contributed by atoms with van der Waals surface area (Å²) in [6, 6.07) is 0.440. The molecule has 21 heavy (non-hydrogen) atoms. The van der Waals surface area contributed by atoms with E-state index in [2.05, 4.69) is 46.2 Å². The normalized spacial score (nSPS) is 18.1. The Bertz CT molecular complexity index is 401. The molecule has 2 heterocycles. The molecule has 0 amide bonds. The second-order valence-corrected chi connectivity index (χ2v) is 5.92. The van der Waals surface area contributed by atoms with Gasteiger partial charge in [-0.05, 0) is 31.6 Å². The Morgan fingerprint density at radius 1 is 1.19 bits per heavy atom. The van der Waals surface area contributed by atoms with Gasteiger partial charge in [-0.3, -0.25) is 0 Å². The molecule has 1 saturated heterocycles. The van der Waals surface area contributed by atoms with Gasteiger partial charge in [0.05, 0.1) is 0 Å². The van der Waals surface area contributed by atoms with Crippen LogP contribution in [0.15, 0.2) is 4.52 Å². The minimum Gasteiger partial charge on any atom is -0.337 e. The lowest BCUT2D eigenvalue weighted by Gasteiger charge is -2.31. The summed E-state index contributed by atoms with van der Waals surface area (Å²) in [7, 11) is 2.15. The van der Waals surface area contributed by atoms with Crippen LogP contribution in [0.3, 0.4) is 0 Å². The quantitative estimate of drug-likeness (QED) is 0.785. The maximum absolute atomic E-state index is 5.45. The summed E-state index contributed by atoms with van der Waals surface area (Å²) in [5, 5.41) is 7.72. The van der Waals surface area contributed by atoms with Crippen LogP contribution < -0.4 is 10.2 Å². The smallest absolute Gasteiger partial charge is 0.266 e. The Labute approximate surface area is 127 Å². The molecule has 1 aliphatic heterocycles. The van der Waals surface area contributed by atoms with Crippen LogP contribution in [0.1, 0.15) is 39.0 Å². The number of hydrogen-bond acceptors (Lipinski definition) is 6. The summed E-state index contributed by atoms with van der Waals surface area (Å²) in [6.07, 6.45) is 4.29. The van der Waals surface area contributed by atoms with E-state index in [0.717, 1.165) is 63.8 Å². The van der Waals surface area contributed by atoms with Crippen LogP contribution in [0.2, 0.25) is 0 Å². The van der Waals surface area contributed by atoms with E-state index in [1.54, 1.807) is 0 Å². The van der Waals surface area contributed by atoms with Crippen molar-refractivity contribution in [1.29, 1.82) is 0 Å². The third-order valence-electron chi connectivity index (χ3n) is 3.98. The molecule has 0 aliphatic carbocycles. The first-order chi connectivity index (χ1) is 10.2. The third kappa shape index (κ3) is 4.97. The summed E-state index contributed by atoms with van der Waals surface area (Å²) < 4.78 is 5.45. The highest BCUT2D eigenvalue weighted by atomic mass is 16.5. The molecule has 1 unspecified atom stereocenters. The summed E-state index contributed by atoms with van der Waals surface area (Å²) in [5.41, 5.74) is 0. The van der Waals surface area contributed by atoms with Gasteiger partial charge in [-0.2, -0.15) is 4.98 Å². The van der Waals surface area contributed by atoms with Crippen LogP contribution >= 0.6 is 0 Å². The highest BCUT2D eigenvalue weighted by molar-refractivity contribution is 5.28. The number of likely N-dealkylation sites (N-methyl/N-ethyl adjacent to an activating group) is 1. The lowest BCUT2D eigenvalue weighted by atomic mass is 10.1. The largest absolute Gasteiger partial charge is 0.337 e. The second kappa shape index (κ2) is 8.34. The minimum atomic E-state index is 0.440. The number of rotatable bonds is 8. The van der Waals surface area contributed by atoms with Crippen LogP contribution in [0, 0.1) is 0 Å². The number of nitrogens with zero attached hydrogens (tertiary/aromatic N) is 4. The first-order valence-corrected chi connectivity index (χ1v) is 8.22. The van der Waals surface area contributed by atoms with Gasteiger partial charge in [0, 0.05) is 38.6 Å². The van der Waals surface area contributed by atoms with E-state index < -0.39 is 0 Å². The predicted octanol–water partition coefficient (Wildman–Crippen LogP) is 1.53. The predicted molar refractivity (Wildman–Crippen MR) is 84.7 cm³/mol. The van der Waals surface area contributed by atoms with Crippen molar-refractivity contribution in [3.8, 4) is 0 Å². The standard InChI is InChI=1S/C15H29N5O/c1-4-6-13(16-7-5-2)12-14-17-15(18-21-14)20-10-8-19(3)9-11-20/h13,16H,4-12H2,1-3H3. The van der Waals surface area contributed by atoms with Gasteiger partial charge in [-0.1, -0.05) is 20.3 Å². The van der Waals surface area contributed by atoms with E-state index in [1.807, 2.05) is 0 Å². The number of piperazine rings is 1. The molecule has 1 aliphatic rings. The summed E-state index contributed by atoms with van der Waals surface area (Å²) in [6.45, 7) is 9.51. The fraction of sp³-hybridized carbons (Fsp3) is 0.867. The van der Waals surface area contributed by atoms with E-state index in [9.17, 15) is 0 Å². The summed E-state index contributed by atoms with van der Waals surface area (Å²) in [4.78, 5) is 9.11. The molecule has 0 saturated carbocycles. The van der Waals surface area contributed by atoms with Gasteiger partial charge >= 0.3 is 0 Å². The molecule has 0 bridgehead atoms. The lowest BCUT2D eigenvalue weighted by molar-refractivity contribution is 0.308. The van der Waals surface area contributed by atoms with Crippen molar-refractivity contribution in [2.45, 2.75) is 45.6 Å². The van der Waals surface area contributed by atoms with Crippen molar-refractivity contribution in [2.24, 2.45) is 0 Å². The minimum absolute atomic E-state index is 0.440. The van der Waals surface area contributed by atoms with Crippen molar-refractivity contribution in [2.75, 3.05) is 44.7 Å². The Kier molecular flexibility index (Phi) is 6.45. The Morgan fingerprint density at radius 3 is 2.62 bits per heavy atom. The molecule has 0 aromatic carbocycles. The van der Waals surface area contributed by atoms with E-state index in [-0.39, 0.29) is 0 Å². The van der Waals surface area contributed by atoms with Crippen molar-refractivity contribution >= 4 is 5.95 Å². The van der Waals surface area contributed by atoms with E-state index >= 15 is 0 Å². The van der Waals surface area contributed by atoms with Crippen molar-refractivity contribution < 1.29 is 4.52 Å². The Hall–Kier alpha value is -1.14. The van der Waals surface area contributed by atoms with Gasteiger partial charge in [-0.25, -0.2) is 0 Å². The Balaban J connectivity index is 1.89. The number of nitrogens with one attached hydrogen (secondary N) is 1. The zero-order valence-electron chi connectivity index (χ0n) is 13.6. The maximum atomic E-state index is 5.45. The van der Waals surface area contributed by atoms with Gasteiger partial charge in [-0.15, -0.1) is 0 Å². The lowest BCUT2D eigenvalue weighted by Crippen LogP contribution is -2.44. The van der Waals surface area contributed by atoms with Gasteiger partial charge in [0.1, 0.15) is 0 Å². The van der Waals surface area contributed by atoms with Crippen LogP contribution in [0.4, 0.5) is 5.95 Å². The summed E-state index contributed by atoms with van der Waals surface area (Å²) in [5.74, 6) is 1.51. The summed E-state index contributed by atoms with van der Waals surface area (Å²) >= 11 is 0. The fourth-order valence-electron chi connectivity index (χ4n) is 2.65. The first kappa shape index (κ1) is 16.2. The van der Waals surface area contributed by atoms with Crippen LogP contribution in [0.25, 0.3) is 0 Å². The number of aromatic nitrogens is 2. The van der Waals surface area contributed by atoms with E-state index in [4.69, 9.17) is 4.52 Å². The monoisotopic (exact) mass is 295 g/mol. The molecule has 0 spiro atoms. The van der Waals surface area contributed by atoms with Crippen molar-refractivity contribution in [1.82, 2.24) is 20.4 Å². The third-order valence-corrected chi connectivity index (χ3v) is 3.98. The second-order valence-electron chi connectivity index (χ2n) is 5.92. The molecule has 6 nitrogen and oxygen atoms in total. The molecule has 0 radical (unpaired) electrons. The molecule has 6 heteroatoms. The molecule has 1 fully saturated rings. The van der Waals surface area contributed by atoms with Crippen LogP contribution in [0.5, 0.6) is 0 Å². The van der Waals surface area contributed by atoms with Gasteiger partial charge in [0.25, 0.3) is 5.95 Å². The van der Waals surface area contributed by atoms with E-state index in [0.29, 0.717) is 6.04 Å². The van der Waals surface area contributed by atoms with Crippen LogP contribution in [-0.4, -0.2) is 60.9 Å². The van der Waals surface area contributed by atoms with Gasteiger partial charge in [0.15, 0.2) is 0 Å². The number of hydrogen-bond donors (Lipinski definition) is 1. The van der Waals surface area contributed by atoms with Gasteiger partial charge in [0.2, 0.25) is 5.89 Å². The molecule has 2 rings (SSSR count). The fourth-order valence-corrected chi connectivity index (χ4v) is 2.65. The SMILES string of the molecule is CCCNC(CCC)Cc1nc(N2CCN(C)CC2)no1. The highest BCUT2D eigenvalue weighted by Gasteiger charge is 2.20.